The molecule has 1 aromatic rings. The molecule has 0 unspecified atom stereocenters. The maximum atomic E-state index is 13.7. The largest absolute Gasteiger partial charge is 0.482 e. The van der Waals surface area contributed by atoms with Crippen LogP contribution in [0.4, 0.5) is 4.79 Å². The lowest BCUT2D eigenvalue weighted by molar-refractivity contribution is -0.144. The number of cyclic esters (lactones) is 1. The summed E-state index contributed by atoms with van der Waals surface area (Å²) in [6.45, 7) is 4.56. The van der Waals surface area contributed by atoms with Crippen LogP contribution in [0.1, 0.15) is 25.8 Å². The zero-order valence-electron chi connectivity index (χ0n) is 19.0. The van der Waals surface area contributed by atoms with E-state index in [0.717, 1.165) is 10.5 Å². The number of benzene rings is 1. The quantitative estimate of drug-likeness (QED) is 0.539. The summed E-state index contributed by atoms with van der Waals surface area (Å²) >= 11 is 0. The van der Waals surface area contributed by atoms with E-state index in [0.29, 0.717) is 18.8 Å². The maximum absolute atomic E-state index is 13.7. The van der Waals surface area contributed by atoms with E-state index in [1.165, 1.54) is 6.08 Å². The number of amides is 2. The molecule has 3 rings (SSSR count). The Morgan fingerprint density at radius 1 is 1.21 bits per heavy atom. The number of allylic oxidation sites excluding steroid dienone is 1. The van der Waals surface area contributed by atoms with Crippen molar-refractivity contribution in [1.82, 2.24) is 4.90 Å². The van der Waals surface area contributed by atoms with E-state index >= 15 is 0 Å². The van der Waals surface area contributed by atoms with Crippen LogP contribution in [0, 0.1) is 11.8 Å². The highest BCUT2D eigenvalue weighted by Crippen LogP contribution is 2.29. The molecule has 0 saturated carbocycles. The molecule has 1 saturated heterocycles. The van der Waals surface area contributed by atoms with Crippen LogP contribution in [0.3, 0.4) is 0 Å². The van der Waals surface area contributed by atoms with Gasteiger partial charge in [0.2, 0.25) is 5.91 Å². The molecule has 2 amide bonds. The molecule has 0 bridgehead atoms. The van der Waals surface area contributed by atoms with Gasteiger partial charge in [-0.1, -0.05) is 44.2 Å². The van der Waals surface area contributed by atoms with Crippen LogP contribution in [0.5, 0.6) is 0 Å². The van der Waals surface area contributed by atoms with Crippen molar-refractivity contribution in [2.24, 2.45) is 11.8 Å². The minimum absolute atomic E-state index is 0.00928. The van der Waals surface area contributed by atoms with Gasteiger partial charge in [0.25, 0.3) is 0 Å². The van der Waals surface area contributed by atoms with E-state index in [9.17, 15) is 14.4 Å². The van der Waals surface area contributed by atoms with Gasteiger partial charge >= 0.3 is 6.09 Å². The van der Waals surface area contributed by atoms with Crippen LogP contribution >= 0.6 is 0 Å². The second-order valence-electron chi connectivity index (χ2n) is 8.40. The van der Waals surface area contributed by atoms with Crippen molar-refractivity contribution in [3.63, 3.8) is 0 Å². The van der Waals surface area contributed by atoms with Crippen molar-refractivity contribution >= 4 is 17.8 Å². The van der Waals surface area contributed by atoms with Crippen molar-refractivity contribution in [1.29, 1.82) is 0 Å². The average Bonchev–Trinajstić information content (AvgIpc) is 3.20. The van der Waals surface area contributed by atoms with Crippen molar-refractivity contribution in [3.8, 4) is 0 Å². The molecule has 0 spiro atoms. The lowest BCUT2D eigenvalue weighted by atomic mass is 9.88. The van der Waals surface area contributed by atoms with Gasteiger partial charge in [-0.3, -0.25) is 9.59 Å². The topological polar surface area (TPSA) is 102 Å². The molecule has 1 aromatic carbocycles. The van der Waals surface area contributed by atoms with E-state index in [4.69, 9.17) is 19.3 Å². The number of carbonyl (C=O) groups excluding carboxylic acids is 3. The highest BCUT2D eigenvalue weighted by molar-refractivity contribution is 6.02. The van der Waals surface area contributed by atoms with Crippen LogP contribution in [0.15, 0.2) is 54.3 Å². The number of aliphatic hydroxyl groups excluding tert-OH is 1. The third-order valence-electron chi connectivity index (χ3n) is 5.69. The fourth-order valence-corrected chi connectivity index (χ4v) is 3.90. The molecule has 3 atom stereocenters. The van der Waals surface area contributed by atoms with E-state index < -0.39 is 30.1 Å². The molecule has 2 aliphatic heterocycles. The van der Waals surface area contributed by atoms with Gasteiger partial charge in [-0.25, -0.2) is 9.69 Å². The number of imide groups is 1. The van der Waals surface area contributed by atoms with E-state index in [-0.39, 0.29) is 37.9 Å². The third kappa shape index (κ3) is 6.30. The number of ether oxygens (including phenoxy) is 3. The lowest BCUT2D eigenvalue weighted by Crippen LogP contribution is -2.50. The highest BCUT2D eigenvalue weighted by atomic mass is 16.6. The Kier molecular flexibility index (Phi) is 8.79. The number of carbonyl (C=O) groups is 3. The summed E-state index contributed by atoms with van der Waals surface area (Å²) in [6.07, 6.45) is 3.76. The fraction of sp³-hybridized carbons (Fsp3) is 0.480. The van der Waals surface area contributed by atoms with Gasteiger partial charge in [-0.15, -0.1) is 0 Å². The normalized spacial score (nSPS) is 22.5. The van der Waals surface area contributed by atoms with Crippen LogP contribution < -0.4 is 0 Å². The van der Waals surface area contributed by atoms with Gasteiger partial charge in [0, 0.05) is 0 Å². The molecule has 1 fully saturated rings. The molecule has 2 aliphatic rings. The standard InChI is InChI=1S/C25H31NO7/c1-17(2)21-16-32-25(30)26(21)24(29)20(15-18-7-4-3-5-8-18)23-22(28)11-10-19(33-23)9-6-13-31-14-12-27/h3-5,7-11,17,20-21,23,27H,6,12-16H2,1-2H3/t20-,21+,23-/m1/s1. The second-order valence-corrected chi connectivity index (χ2v) is 8.40. The lowest BCUT2D eigenvalue weighted by Gasteiger charge is -2.32. The molecule has 0 aromatic heterocycles. The third-order valence-corrected chi connectivity index (χ3v) is 5.69. The molecular weight excluding hydrogens is 426 g/mol. The fourth-order valence-electron chi connectivity index (χ4n) is 3.90. The molecule has 1 N–H and O–H groups in total. The molecule has 8 heteroatoms. The maximum Gasteiger partial charge on any atom is 0.416 e. The number of ketones is 1. The monoisotopic (exact) mass is 457 g/mol. The van der Waals surface area contributed by atoms with Gasteiger partial charge in [0.15, 0.2) is 11.9 Å². The van der Waals surface area contributed by atoms with Crippen molar-refractivity contribution in [2.75, 3.05) is 26.4 Å². The Bertz CT molecular complexity index is 893. The van der Waals surface area contributed by atoms with Crippen molar-refractivity contribution in [3.05, 3.63) is 59.9 Å². The Balaban J connectivity index is 1.85. The van der Waals surface area contributed by atoms with Gasteiger partial charge in [-0.05, 0) is 42.6 Å². The first kappa shape index (κ1) is 24.7. The molecule has 178 valence electrons. The molecule has 2 heterocycles. The summed E-state index contributed by atoms with van der Waals surface area (Å²) in [5, 5.41) is 8.79. The van der Waals surface area contributed by atoms with E-state index in [1.807, 2.05) is 44.2 Å². The first-order valence-electron chi connectivity index (χ1n) is 11.2. The Morgan fingerprint density at radius 2 is 1.97 bits per heavy atom. The summed E-state index contributed by atoms with van der Waals surface area (Å²) in [5.74, 6) is -1.23. The summed E-state index contributed by atoms with van der Waals surface area (Å²) in [5.41, 5.74) is 0.860. The number of rotatable bonds is 10. The van der Waals surface area contributed by atoms with Gasteiger partial charge in [0.05, 0.1) is 31.8 Å². The summed E-state index contributed by atoms with van der Waals surface area (Å²) in [4.78, 5) is 40.1. The van der Waals surface area contributed by atoms with Crippen molar-refractivity contribution in [2.45, 2.75) is 38.8 Å². The smallest absolute Gasteiger partial charge is 0.416 e. The zero-order valence-corrected chi connectivity index (χ0v) is 19.0. The molecule has 0 aliphatic carbocycles. The van der Waals surface area contributed by atoms with Gasteiger partial charge in [-0.2, -0.15) is 0 Å². The van der Waals surface area contributed by atoms with E-state index in [2.05, 4.69) is 0 Å². The Hall–Kier alpha value is -2.97. The Labute approximate surface area is 193 Å². The first-order valence-corrected chi connectivity index (χ1v) is 11.2. The number of hydrogen-bond donors (Lipinski definition) is 1. The Morgan fingerprint density at radius 3 is 2.67 bits per heavy atom. The SMILES string of the molecule is CC(C)[C@@H]1COC(=O)N1C(=O)[C@H](Cc1ccccc1)[C@H]1OC(=CCCOCCO)C=CC1=O. The van der Waals surface area contributed by atoms with E-state index in [1.54, 1.807) is 12.2 Å². The molecule has 8 nitrogen and oxygen atoms in total. The van der Waals surface area contributed by atoms with Crippen LogP contribution in [0.25, 0.3) is 0 Å². The van der Waals surface area contributed by atoms with Gasteiger partial charge in [0.1, 0.15) is 12.4 Å². The summed E-state index contributed by atoms with van der Waals surface area (Å²) in [7, 11) is 0. The summed E-state index contributed by atoms with van der Waals surface area (Å²) < 4.78 is 16.4. The predicted molar refractivity (Wildman–Crippen MR) is 120 cm³/mol. The number of aliphatic hydroxyl groups is 1. The van der Waals surface area contributed by atoms with Crippen LogP contribution in [-0.4, -0.2) is 66.4 Å². The second kappa shape index (κ2) is 11.8. The predicted octanol–water partition coefficient (Wildman–Crippen LogP) is 2.66. The zero-order chi connectivity index (χ0) is 23.8. The molecule has 33 heavy (non-hydrogen) atoms. The van der Waals surface area contributed by atoms with Crippen LogP contribution in [0.2, 0.25) is 0 Å². The first-order chi connectivity index (χ1) is 15.9. The van der Waals surface area contributed by atoms with Gasteiger partial charge < -0.3 is 19.3 Å². The number of nitrogens with zero attached hydrogens (tertiary/aromatic N) is 1. The summed E-state index contributed by atoms with van der Waals surface area (Å²) in [6, 6.07) is 8.95. The average molecular weight is 458 g/mol. The van der Waals surface area contributed by atoms with Crippen LogP contribution in [-0.2, 0) is 30.2 Å². The molecule has 0 radical (unpaired) electrons. The highest BCUT2D eigenvalue weighted by Gasteiger charge is 2.46. The van der Waals surface area contributed by atoms with Crippen molar-refractivity contribution < 1.29 is 33.7 Å². The minimum atomic E-state index is -1.06. The molecular formula is C25H31NO7. The number of hydrogen-bond acceptors (Lipinski definition) is 7. The minimum Gasteiger partial charge on any atom is -0.482 e.